The number of para-hydroxylation sites is 1. The van der Waals surface area contributed by atoms with E-state index in [1.807, 2.05) is 12.1 Å². The van der Waals surface area contributed by atoms with Crippen LogP contribution >= 0.6 is 0 Å². The first-order chi connectivity index (χ1) is 16.0. The van der Waals surface area contributed by atoms with Crippen molar-refractivity contribution in [3.8, 4) is 16.9 Å². The third kappa shape index (κ3) is 3.44. The molecule has 1 saturated carbocycles. The zero-order valence-electron chi connectivity index (χ0n) is 17.4. The van der Waals surface area contributed by atoms with E-state index in [2.05, 4.69) is 14.7 Å². The maximum Gasteiger partial charge on any atom is 0.387 e. The molecule has 2 aliphatic rings. The fourth-order valence-corrected chi connectivity index (χ4v) is 4.72. The van der Waals surface area contributed by atoms with Crippen LogP contribution in [-0.4, -0.2) is 21.1 Å². The first kappa shape index (κ1) is 20.2. The van der Waals surface area contributed by atoms with Crippen molar-refractivity contribution in [2.75, 3.05) is 0 Å². The standard InChI is InChI=1S/C25H19F4N3O/c26-17-10-20-22(9-16(17)14-7-8-19(30-12-14)13-5-6-13)32-21(11-18(27)24(32)31-20)15-3-1-2-4-23(15)33-25(28)29/h1-4,7-10,12-13,18,21,25H,5-6,11H2/t18?,21-/m1/s1. The molecule has 4 aromatic rings. The highest BCUT2D eigenvalue weighted by Crippen LogP contribution is 2.46. The van der Waals surface area contributed by atoms with E-state index in [0.29, 0.717) is 33.6 Å². The monoisotopic (exact) mass is 453 g/mol. The van der Waals surface area contributed by atoms with Crippen molar-refractivity contribution in [3.05, 3.63) is 77.6 Å². The Morgan fingerprint density at radius 3 is 2.61 bits per heavy atom. The van der Waals surface area contributed by atoms with Gasteiger partial charge < -0.3 is 9.30 Å². The average Bonchev–Trinajstić information content (AvgIpc) is 3.51. The van der Waals surface area contributed by atoms with E-state index < -0.39 is 24.6 Å². The van der Waals surface area contributed by atoms with Crippen LogP contribution in [0.4, 0.5) is 17.6 Å². The van der Waals surface area contributed by atoms with Gasteiger partial charge in [0.1, 0.15) is 17.4 Å². The lowest BCUT2D eigenvalue weighted by Gasteiger charge is -2.19. The van der Waals surface area contributed by atoms with Gasteiger partial charge in [-0.05, 0) is 31.0 Å². The third-order valence-electron chi connectivity index (χ3n) is 6.41. The molecule has 4 nitrogen and oxygen atoms in total. The molecule has 0 spiro atoms. The number of pyridine rings is 1. The van der Waals surface area contributed by atoms with Gasteiger partial charge in [-0.1, -0.05) is 24.3 Å². The Labute approximate surface area is 186 Å². The Bertz CT molecular complexity index is 1350. The molecule has 0 saturated heterocycles. The molecular weight excluding hydrogens is 434 g/mol. The van der Waals surface area contributed by atoms with Gasteiger partial charge in [-0.3, -0.25) is 4.98 Å². The minimum Gasteiger partial charge on any atom is -0.434 e. The van der Waals surface area contributed by atoms with E-state index in [1.54, 1.807) is 35.0 Å². The van der Waals surface area contributed by atoms with Crippen molar-refractivity contribution in [1.82, 2.24) is 14.5 Å². The highest BCUT2D eigenvalue weighted by molar-refractivity contribution is 5.83. The van der Waals surface area contributed by atoms with Crippen molar-refractivity contribution in [1.29, 1.82) is 0 Å². The second-order valence-electron chi connectivity index (χ2n) is 8.54. The van der Waals surface area contributed by atoms with Crippen LogP contribution in [0.1, 0.15) is 54.5 Å². The fourth-order valence-electron chi connectivity index (χ4n) is 4.72. The summed E-state index contributed by atoms with van der Waals surface area (Å²) in [6, 6.07) is 12.4. The lowest BCUT2D eigenvalue weighted by atomic mass is 10.0. The molecule has 8 heteroatoms. The Kier molecular flexibility index (Phi) is 4.64. The van der Waals surface area contributed by atoms with Crippen molar-refractivity contribution < 1.29 is 22.3 Å². The molecular formula is C25H19F4N3O. The van der Waals surface area contributed by atoms with E-state index in [4.69, 9.17) is 0 Å². The SMILES string of the molecule is Fc1cc2nc3n(c2cc1-c1ccc(C2CC2)nc1)[C@@H](c1ccccc1OC(F)F)CC3F. The third-order valence-corrected chi connectivity index (χ3v) is 6.41. The lowest BCUT2D eigenvalue weighted by Crippen LogP contribution is -2.10. The molecule has 0 radical (unpaired) electrons. The molecule has 6 rings (SSSR count). The van der Waals surface area contributed by atoms with Crippen LogP contribution in [0.3, 0.4) is 0 Å². The summed E-state index contributed by atoms with van der Waals surface area (Å²) >= 11 is 0. The van der Waals surface area contributed by atoms with Gasteiger partial charge in [0.25, 0.3) is 0 Å². The Morgan fingerprint density at radius 1 is 1.06 bits per heavy atom. The molecule has 0 amide bonds. The largest absolute Gasteiger partial charge is 0.434 e. The molecule has 0 N–H and O–H groups in total. The Balaban J connectivity index is 1.47. The predicted molar refractivity (Wildman–Crippen MR) is 115 cm³/mol. The molecule has 1 fully saturated rings. The number of fused-ring (bicyclic) bond motifs is 3. The summed E-state index contributed by atoms with van der Waals surface area (Å²) in [6.07, 6.45) is 2.52. The van der Waals surface area contributed by atoms with Gasteiger partial charge in [-0.2, -0.15) is 8.78 Å². The van der Waals surface area contributed by atoms with Gasteiger partial charge in [-0.15, -0.1) is 0 Å². The molecule has 2 aromatic heterocycles. The summed E-state index contributed by atoms with van der Waals surface area (Å²) in [4.78, 5) is 8.80. The van der Waals surface area contributed by atoms with Gasteiger partial charge in [0.15, 0.2) is 6.17 Å². The Hall–Kier alpha value is -3.42. The smallest absolute Gasteiger partial charge is 0.387 e. The van der Waals surface area contributed by atoms with Gasteiger partial charge in [0, 0.05) is 47.0 Å². The van der Waals surface area contributed by atoms with E-state index >= 15 is 0 Å². The molecule has 168 valence electrons. The normalized spacial score (nSPS) is 19.9. The zero-order chi connectivity index (χ0) is 22.7. The molecule has 1 aliphatic carbocycles. The average molecular weight is 453 g/mol. The maximum absolute atomic E-state index is 15.0. The minimum absolute atomic E-state index is 0.0124. The topological polar surface area (TPSA) is 39.9 Å². The van der Waals surface area contributed by atoms with Crippen LogP contribution in [0, 0.1) is 5.82 Å². The summed E-state index contributed by atoms with van der Waals surface area (Å²) in [5.74, 6) is 0.151. The van der Waals surface area contributed by atoms with Crippen LogP contribution in [0.5, 0.6) is 5.75 Å². The van der Waals surface area contributed by atoms with Crippen molar-refractivity contribution in [2.24, 2.45) is 0 Å². The number of ether oxygens (including phenoxy) is 1. The second kappa shape index (κ2) is 7.57. The van der Waals surface area contributed by atoms with Crippen LogP contribution in [0.2, 0.25) is 0 Å². The predicted octanol–water partition coefficient (Wildman–Crippen LogP) is 6.72. The number of hydrogen-bond donors (Lipinski definition) is 0. The molecule has 1 unspecified atom stereocenters. The number of nitrogens with zero attached hydrogens (tertiary/aromatic N) is 3. The second-order valence-corrected chi connectivity index (χ2v) is 8.54. The number of imidazole rings is 1. The van der Waals surface area contributed by atoms with E-state index in [9.17, 15) is 17.6 Å². The quantitative estimate of drug-likeness (QED) is 0.315. The van der Waals surface area contributed by atoms with Crippen LogP contribution in [0.15, 0.2) is 54.7 Å². The summed E-state index contributed by atoms with van der Waals surface area (Å²) in [5.41, 5.74) is 3.22. The van der Waals surface area contributed by atoms with E-state index in [-0.39, 0.29) is 18.0 Å². The molecule has 2 atom stereocenters. The van der Waals surface area contributed by atoms with Gasteiger partial charge in [0.2, 0.25) is 0 Å². The fraction of sp³-hybridized carbons (Fsp3) is 0.280. The molecule has 0 bridgehead atoms. The zero-order valence-corrected chi connectivity index (χ0v) is 17.4. The summed E-state index contributed by atoms with van der Waals surface area (Å²) in [7, 11) is 0. The van der Waals surface area contributed by atoms with Gasteiger partial charge in [-0.25, -0.2) is 13.8 Å². The van der Waals surface area contributed by atoms with Crippen LogP contribution in [-0.2, 0) is 0 Å². The number of halogens is 4. The molecule has 3 heterocycles. The number of benzene rings is 2. The molecule has 2 aromatic carbocycles. The van der Waals surface area contributed by atoms with Crippen molar-refractivity contribution in [2.45, 2.75) is 44.0 Å². The number of hydrogen-bond acceptors (Lipinski definition) is 3. The number of alkyl halides is 3. The molecule has 33 heavy (non-hydrogen) atoms. The van der Waals surface area contributed by atoms with Gasteiger partial charge >= 0.3 is 6.61 Å². The first-order valence-electron chi connectivity index (χ1n) is 10.8. The van der Waals surface area contributed by atoms with Gasteiger partial charge in [0.05, 0.1) is 17.1 Å². The number of aromatic nitrogens is 3. The number of rotatable bonds is 5. The minimum atomic E-state index is -3.00. The highest BCUT2D eigenvalue weighted by atomic mass is 19.3. The van der Waals surface area contributed by atoms with Crippen LogP contribution in [0.25, 0.3) is 22.2 Å². The Morgan fingerprint density at radius 2 is 1.88 bits per heavy atom. The summed E-state index contributed by atoms with van der Waals surface area (Å²) in [5, 5.41) is 0. The van der Waals surface area contributed by atoms with Crippen molar-refractivity contribution in [3.63, 3.8) is 0 Å². The van der Waals surface area contributed by atoms with Crippen LogP contribution < -0.4 is 4.74 Å². The maximum atomic E-state index is 15.0. The summed E-state index contributed by atoms with van der Waals surface area (Å²) in [6.45, 7) is -3.00. The molecule has 1 aliphatic heterocycles. The van der Waals surface area contributed by atoms with E-state index in [0.717, 1.165) is 18.5 Å². The van der Waals surface area contributed by atoms with E-state index in [1.165, 1.54) is 12.1 Å². The van der Waals surface area contributed by atoms with Crippen molar-refractivity contribution >= 4 is 11.0 Å². The highest BCUT2D eigenvalue weighted by Gasteiger charge is 2.37. The first-order valence-corrected chi connectivity index (χ1v) is 10.8. The lowest BCUT2D eigenvalue weighted by molar-refractivity contribution is -0.0507. The summed E-state index contributed by atoms with van der Waals surface area (Å²) < 4.78 is 62.2.